The minimum atomic E-state index is -4.13. The van der Waals surface area contributed by atoms with Crippen LogP contribution in [-0.2, 0) is 16.5 Å². The maximum atomic E-state index is 10.6. The molecule has 0 bridgehead atoms. The van der Waals surface area contributed by atoms with Gasteiger partial charge in [-0.15, -0.1) is 0 Å². The number of aryl methyl sites for hydroxylation is 1. The third-order valence-corrected chi connectivity index (χ3v) is 3.22. The molecule has 1 atom stereocenters. The van der Waals surface area contributed by atoms with Crippen molar-refractivity contribution in [3.05, 3.63) is 29.8 Å². The number of rotatable bonds is 7. The van der Waals surface area contributed by atoms with Gasteiger partial charge in [0.05, 0.1) is 6.10 Å². The molecule has 0 amide bonds. The Hall–Kier alpha value is -1.11. The highest BCUT2D eigenvalue weighted by Gasteiger charge is 2.13. The number of hydrogen-bond acceptors (Lipinski definition) is 4. The molecule has 0 aliphatic rings. The second kappa shape index (κ2) is 6.72. The first kappa shape index (κ1) is 14.9. The van der Waals surface area contributed by atoms with Gasteiger partial charge in [-0.2, -0.15) is 8.42 Å². The van der Waals surface area contributed by atoms with Crippen molar-refractivity contribution in [2.75, 3.05) is 17.6 Å². The zero-order chi connectivity index (χ0) is 13.6. The number of nitrogens with one attached hydrogen (secondary N) is 1. The predicted molar refractivity (Wildman–Crippen MR) is 71.3 cm³/mol. The third kappa shape index (κ3) is 6.00. The third-order valence-electron chi connectivity index (χ3n) is 2.41. The summed E-state index contributed by atoms with van der Waals surface area (Å²) < 4.78 is 29.7. The van der Waals surface area contributed by atoms with Crippen molar-refractivity contribution in [2.45, 2.75) is 25.9 Å². The molecule has 18 heavy (non-hydrogen) atoms. The summed E-state index contributed by atoms with van der Waals surface area (Å²) in [5.41, 5.74) is 2.02. The first-order chi connectivity index (χ1) is 8.40. The first-order valence-electron chi connectivity index (χ1n) is 5.86. The van der Waals surface area contributed by atoms with Gasteiger partial charge < -0.3 is 10.4 Å². The second-order valence-corrected chi connectivity index (χ2v) is 5.73. The molecule has 0 fully saturated rings. The molecule has 5 nitrogen and oxygen atoms in total. The lowest BCUT2D eigenvalue weighted by molar-refractivity contribution is 0.208. The minimum Gasteiger partial charge on any atom is -0.390 e. The van der Waals surface area contributed by atoms with E-state index < -0.39 is 22.0 Å². The van der Waals surface area contributed by atoms with Crippen molar-refractivity contribution in [1.82, 2.24) is 0 Å². The van der Waals surface area contributed by atoms with Gasteiger partial charge in [0.1, 0.15) is 5.75 Å². The lowest BCUT2D eigenvalue weighted by atomic mass is 10.1. The van der Waals surface area contributed by atoms with Gasteiger partial charge in [-0.1, -0.05) is 25.5 Å². The normalized spacial score (nSPS) is 13.3. The van der Waals surface area contributed by atoms with Gasteiger partial charge in [0.15, 0.2) is 0 Å². The molecule has 0 spiro atoms. The Morgan fingerprint density at radius 1 is 1.39 bits per heavy atom. The quantitative estimate of drug-likeness (QED) is 0.652. The van der Waals surface area contributed by atoms with E-state index in [9.17, 15) is 13.5 Å². The van der Waals surface area contributed by atoms with E-state index >= 15 is 0 Å². The minimum absolute atomic E-state index is 0.0787. The summed E-state index contributed by atoms with van der Waals surface area (Å²) in [5.74, 6) is -0.658. The van der Waals surface area contributed by atoms with Crippen LogP contribution in [0.15, 0.2) is 24.3 Å². The number of benzene rings is 1. The van der Waals surface area contributed by atoms with Gasteiger partial charge in [0.25, 0.3) is 10.1 Å². The van der Waals surface area contributed by atoms with Crippen LogP contribution in [0.25, 0.3) is 0 Å². The van der Waals surface area contributed by atoms with Crippen LogP contribution in [-0.4, -0.2) is 36.5 Å². The Kier molecular flexibility index (Phi) is 5.58. The highest BCUT2D eigenvalue weighted by Crippen LogP contribution is 2.12. The summed E-state index contributed by atoms with van der Waals surface area (Å²) >= 11 is 0. The van der Waals surface area contributed by atoms with Crippen molar-refractivity contribution in [3.8, 4) is 0 Å². The molecule has 3 N–H and O–H groups in total. The van der Waals surface area contributed by atoms with Crippen molar-refractivity contribution in [2.24, 2.45) is 0 Å². The SMILES string of the molecule is CCCc1cccc(NCC(O)CS(=O)(=O)O)c1. The molecule has 0 aromatic heterocycles. The van der Waals surface area contributed by atoms with E-state index in [4.69, 9.17) is 4.55 Å². The van der Waals surface area contributed by atoms with E-state index in [0.717, 1.165) is 18.5 Å². The van der Waals surface area contributed by atoms with Crippen LogP contribution < -0.4 is 5.32 Å². The Balaban J connectivity index is 2.50. The molecule has 0 radical (unpaired) electrons. The number of hydrogen-bond donors (Lipinski definition) is 3. The van der Waals surface area contributed by atoms with E-state index in [-0.39, 0.29) is 6.54 Å². The smallest absolute Gasteiger partial charge is 0.267 e. The first-order valence-corrected chi connectivity index (χ1v) is 7.47. The summed E-state index contributed by atoms with van der Waals surface area (Å²) in [5, 5.41) is 12.4. The van der Waals surface area contributed by atoms with Gasteiger partial charge in [-0.25, -0.2) is 0 Å². The number of anilines is 1. The van der Waals surface area contributed by atoms with Crippen LogP contribution in [0.3, 0.4) is 0 Å². The summed E-state index contributed by atoms with van der Waals surface area (Å²) in [7, 11) is -4.13. The van der Waals surface area contributed by atoms with E-state index in [1.807, 2.05) is 24.3 Å². The maximum Gasteiger partial charge on any atom is 0.267 e. The van der Waals surface area contributed by atoms with Crippen molar-refractivity contribution >= 4 is 15.8 Å². The van der Waals surface area contributed by atoms with Gasteiger partial charge in [-0.05, 0) is 24.1 Å². The molecule has 6 heteroatoms. The molecule has 1 unspecified atom stereocenters. The molecule has 0 aliphatic heterocycles. The Morgan fingerprint density at radius 3 is 2.72 bits per heavy atom. The van der Waals surface area contributed by atoms with E-state index in [2.05, 4.69) is 12.2 Å². The maximum absolute atomic E-state index is 10.6. The Labute approximate surface area is 108 Å². The fraction of sp³-hybridized carbons (Fsp3) is 0.500. The average Bonchev–Trinajstić information content (AvgIpc) is 2.25. The molecular formula is C12H19NO4S. The largest absolute Gasteiger partial charge is 0.390 e. The van der Waals surface area contributed by atoms with E-state index in [1.165, 1.54) is 5.56 Å². The van der Waals surface area contributed by atoms with Crippen molar-refractivity contribution in [1.29, 1.82) is 0 Å². The molecule has 0 saturated heterocycles. The second-order valence-electron chi connectivity index (χ2n) is 4.23. The fourth-order valence-electron chi connectivity index (χ4n) is 1.66. The van der Waals surface area contributed by atoms with Gasteiger partial charge in [0.2, 0.25) is 0 Å². The molecule has 0 aliphatic carbocycles. The van der Waals surface area contributed by atoms with Gasteiger partial charge >= 0.3 is 0 Å². The zero-order valence-electron chi connectivity index (χ0n) is 10.3. The Bertz CT molecular complexity index is 473. The molecule has 1 rings (SSSR count). The summed E-state index contributed by atoms with van der Waals surface area (Å²) in [4.78, 5) is 0. The molecule has 1 aromatic rings. The molecule has 0 saturated carbocycles. The lowest BCUT2D eigenvalue weighted by Gasteiger charge is -2.12. The van der Waals surface area contributed by atoms with Crippen LogP contribution in [0.4, 0.5) is 5.69 Å². The summed E-state index contributed by atoms with van der Waals surface area (Å²) in [6.45, 7) is 2.17. The average molecular weight is 273 g/mol. The lowest BCUT2D eigenvalue weighted by Crippen LogP contribution is -2.27. The van der Waals surface area contributed by atoms with Crippen molar-refractivity contribution in [3.63, 3.8) is 0 Å². The topological polar surface area (TPSA) is 86.6 Å². The van der Waals surface area contributed by atoms with Gasteiger partial charge in [-0.3, -0.25) is 4.55 Å². The Morgan fingerprint density at radius 2 is 2.11 bits per heavy atom. The molecule has 0 heterocycles. The van der Waals surface area contributed by atoms with Crippen molar-refractivity contribution < 1.29 is 18.1 Å². The monoisotopic (exact) mass is 273 g/mol. The van der Waals surface area contributed by atoms with E-state index in [0.29, 0.717) is 0 Å². The van der Waals surface area contributed by atoms with Crippen LogP contribution in [0.2, 0.25) is 0 Å². The standard InChI is InChI=1S/C12H19NO4S/c1-2-4-10-5-3-6-11(7-10)13-8-12(14)9-18(15,16)17/h3,5-7,12-14H,2,4,8-9H2,1H3,(H,15,16,17). The number of aliphatic hydroxyl groups is 1. The fourth-order valence-corrected chi connectivity index (χ4v) is 2.27. The van der Waals surface area contributed by atoms with Crippen LogP contribution in [0.5, 0.6) is 0 Å². The van der Waals surface area contributed by atoms with E-state index in [1.54, 1.807) is 0 Å². The number of aliphatic hydroxyl groups excluding tert-OH is 1. The van der Waals surface area contributed by atoms with Crippen LogP contribution in [0.1, 0.15) is 18.9 Å². The predicted octanol–water partition coefficient (Wildman–Crippen LogP) is 1.30. The molecule has 102 valence electrons. The summed E-state index contributed by atoms with van der Waals surface area (Å²) in [6.07, 6.45) is 0.896. The molecular weight excluding hydrogens is 254 g/mol. The summed E-state index contributed by atoms with van der Waals surface area (Å²) in [6, 6.07) is 7.73. The van der Waals surface area contributed by atoms with Crippen LogP contribution in [0, 0.1) is 0 Å². The van der Waals surface area contributed by atoms with Gasteiger partial charge in [0, 0.05) is 12.2 Å². The van der Waals surface area contributed by atoms with Crippen LogP contribution >= 0.6 is 0 Å². The molecule has 1 aromatic carbocycles. The highest BCUT2D eigenvalue weighted by molar-refractivity contribution is 7.85. The highest BCUT2D eigenvalue weighted by atomic mass is 32.2. The zero-order valence-corrected chi connectivity index (χ0v) is 11.2.